The van der Waals surface area contributed by atoms with Crippen LogP contribution in [0.4, 0.5) is 11.4 Å². The number of fused-ring (bicyclic) bond motifs is 2. The van der Waals surface area contributed by atoms with Crippen LogP contribution in [0, 0.1) is 22.0 Å². The van der Waals surface area contributed by atoms with Crippen LogP contribution in [0.3, 0.4) is 0 Å². The minimum Gasteiger partial charge on any atom is -0.488 e. The topological polar surface area (TPSA) is 140 Å². The van der Waals surface area contributed by atoms with Crippen molar-refractivity contribution in [3.63, 3.8) is 0 Å². The molecule has 1 N–H and O–H groups in total. The molecule has 11 nitrogen and oxygen atoms in total. The lowest BCUT2D eigenvalue weighted by atomic mass is 9.78. The Morgan fingerprint density at radius 3 is 2.34 bits per heavy atom. The van der Waals surface area contributed by atoms with Gasteiger partial charge in [0.1, 0.15) is 18.1 Å². The summed E-state index contributed by atoms with van der Waals surface area (Å²) in [6.07, 6.45) is -0.937. The average Bonchev–Trinajstić information content (AvgIpc) is 3.18. The lowest BCUT2D eigenvalue weighted by molar-refractivity contribution is -0.384. The Kier molecular flexibility index (Phi) is 7.22. The number of aliphatic hydroxyl groups is 1. The number of nitro benzene ring substituents is 1. The highest BCUT2D eigenvalue weighted by atomic mass is 16.6. The van der Waals surface area contributed by atoms with E-state index in [2.05, 4.69) is 0 Å². The number of nitrogens with zero attached hydrogens (tertiary/aromatic N) is 3. The molecule has 212 valence electrons. The Bertz CT molecular complexity index is 1600. The number of hydrogen-bond acceptors (Lipinski definition) is 9. The van der Waals surface area contributed by atoms with Crippen LogP contribution in [-0.4, -0.2) is 65.6 Å². The molecule has 0 unspecified atom stereocenters. The first kappa shape index (κ1) is 27.8. The first-order valence-corrected chi connectivity index (χ1v) is 13.1. The maximum atomic E-state index is 13.4. The van der Waals surface area contributed by atoms with Crippen LogP contribution in [0.25, 0.3) is 10.8 Å². The minimum absolute atomic E-state index is 0.0601. The van der Waals surface area contributed by atoms with E-state index in [4.69, 9.17) is 9.47 Å². The fourth-order valence-electron chi connectivity index (χ4n) is 5.67. The number of nitro groups is 1. The fraction of sp³-hybridized carbons (Fsp3) is 0.300. The Hall–Kier alpha value is -4.77. The van der Waals surface area contributed by atoms with E-state index in [1.54, 1.807) is 0 Å². The van der Waals surface area contributed by atoms with Gasteiger partial charge in [0.2, 0.25) is 5.91 Å². The minimum atomic E-state index is -1.04. The van der Waals surface area contributed by atoms with Gasteiger partial charge in [-0.2, -0.15) is 0 Å². The molecule has 5 rings (SSSR count). The van der Waals surface area contributed by atoms with Gasteiger partial charge in [-0.1, -0.05) is 31.2 Å². The number of carbonyl (C=O) groups is 3. The quantitative estimate of drug-likeness (QED) is 0.144. The van der Waals surface area contributed by atoms with Crippen molar-refractivity contribution in [3.8, 4) is 5.75 Å². The lowest BCUT2D eigenvalue weighted by Gasteiger charge is -2.46. The summed E-state index contributed by atoms with van der Waals surface area (Å²) in [7, 11) is 3.89. The Morgan fingerprint density at radius 2 is 1.71 bits per heavy atom. The number of aliphatic hydroxyl groups excluding tert-OH is 1. The summed E-state index contributed by atoms with van der Waals surface area (Å²) in [5, 5.41) is 23.0. The van der Waals surface area contributed by atoms with Gasteiger partial charge in [-0.3, -0.25) is 14.9 Å². The van der Waals surface area contributed by atoms with E-state index in [0.29, 0.717) is 11.3 Å². The third kappa shape index (κ3) is 4.78. The lowest BCUT2D eigenvalue weighted by Crippen LogP contribution is -2.63. The van der Waals surface area contributed by atoms with Crippen LogP contribution in [0.1, 0.15) is 24.2 Å². The van der Waals surface area contributed by atoms with Crippen LogP contribution in [0.5, 0.6) is 5.75 Å². The number of esters is 2. The molecule has 2 aliphatic rings. The van der Waals surface area contributed by atoms with Crippen molar-refractivity contribution in [2.45, 2.75) is 26.0 Å². The molecular weight excluding hydrogens is 530 g/mol. The summed E-state index contributed by atoms with van der Waals surface area (Å²) >= 11 is 0. The molecule has 0 aromatic heterocycles. The van der Waals surface area contributed by atoms with Gasteiger partial charge in [0, 0.05) is 54.2 Å². The number of carbonyl (C=O) groups excluding carboxylic acids is 3. The van der Waals surface area contributed by atoms with E-state index < -0.39 is 40.8 Å². The van der Waals surface area contributed by atoms with Gasteiger partial charge in [-0.05, 0) is 31.2 Å². The first-order chi connectivity index (χ1) is 19.5. The smallest absolute Gasteiger partial charge is 0.363 e. The van der Waals surface area contributed by atoms with E-state index in [1.807, 2.05) is 62.3 Å². The van der Waals surface area contributed by atoms with Crippen LogP contribution in [0.15, 0.2) is 71.9 Å². The highest BCUT2D eigenvalue weighted by Gasteiger charge is 2.60. The van der Waals surface area contributed by atoms with Gasteiger partial charge in [0.05, 0.1) is 28.6 Å². The van der Waals surface area contributed by atoms with Gasteiger partial charge < -0.3 is 24.4 Å². The van der Waals surface area contributed by atoms with Gasteiger partial charge in [0.15, 0.2) is 0 Å². The molecule has 0 radical (unpaired) electrons. The van der Waals surface area contributed by atoms with Crippen molar-refractivity contribution < 1.29 is 33.9 Å². The number of non-ortho nitro benzene ring substituents is 1. The van der Waals surface area contributed by atoms with Gasteiger partial charge in [0.25, 0.3) is 5.69 Å². The number of β-lactam (4-membered cyclic amide) rings is 1. The molecule has 1 amide bonds. The van der Waals surface area contributed by atoms with Crippen molar-refractivity contribution in [1.82, 2.24) is 4.90 Å². The second kappa shape index (κ2) is 10.7. The van der Waals surface area contributed by atoms with Crippen molar-refractivity contribution in [3.05, 3.63) is 87.6 Å². The monoisotopic (exact) mass is 559 g/mol. The molecule has 2 aliphatic heterocycles. The van der Waals surface area contributed by atoms with Gasteiger partial charge in [-0.15, -0.1) is 0 Å². The summed E-state index contributed by atoms with van der Waals surface area (Å²) in [5.41, 5.74) is 1.10. The van der Waals surface area contributed by atoms with Gasteiger partial charge >= 0.3 is 11.9 Å². The summed E-state index contributed by atoms with van der Waals surface area (Å²) in [6.45, 7) is 3.30. The molecule has 2 heterocycles. The second-order valence-electron chi connectivity index (χ2n) is 10.4. The van der Waals surface area contributed by atoms with E-state index in [-0.39, 0.29) is 29.5 Å². The SMILES string of the molecule is C[C@@H](O)[C@H]1C(=O)N2C(C(=O)OC(=O)c3ccc([N+](=O)[O-])cc3)=C(COc3cccc4c(N(C)C)cccc34)[C@H](C)[C@H]12. The van der Waals surface area contributed by atoms with Crippen molar-refractivity contribution in [1.29, 1.82) is 0 Å². The largest absolute Gasteiger partial charge is 0.488 e. The fourth-order valence-corrected chi connectivity index (χ4v) is 5.67. The normalized spacial score (nSPS) is 20.4. The van der Waals surface area contributed by atoms with Crippen molar-refractivity contribution in [2.24, 2.45) is 11.8 Å². The van der Waals surface area contributed by atoms with Crippen LogP contribution in [0.2, 0.25) is 0 Å². The molecule has 3 aromatic rings. The molecule has 0 aliphatic carbocycles. The molecule has 1 saturated heterocycles. The summed E-state index contributed by atoms with van der Waals surface area (Å²) in [4.78, 5) is 52.7. The predicted molar refractivity (Wildman–Crippen MR) is 149 cm³/mol. The third-order valence-electron chi connectivity index (χ3n) is 7.73. The number of benzene rings is 3. The van der Waals surface area contributed by atoms with Crippen LogP contribution < -0.4 is 9.64 Å². The maximum Gasteiger partial charge on any atom is 0.363 e. The Labute approximate surface area is 235 Å². The van der Waals surface area contributed by atoms with Gasteiger partial charge in [-0.25, -0.2) is 9.59 Å². The highest BCUT2D eigenvalue weighted by Crippen LogP contribution is 2.47. The molecule has 3 aromatic carbocycles. The first-order valence-electron chi connectivity index (χ1n) is 13.1. The zero-order valence-corrected chi connectivity index (χ0v) is 22.9. The molecule has 41 heavy (non-hydrogen) atoms. The number of ether oxygens (including phenoxy) is 2. The second-order valence-corrected chi connectivity index (χ2v) is 10.4. The number of hydrogen-bond donors (Lipinski definition) is 1. The molecular formula is C30H29N3O8. The number of anilines is 1. The number of amides is 1. The summed E-state index contributed by atoms with van der Waals surface area (Å²) in [6, 6.07) is 15.7. The zero-order chi connectivity index (χ0) is 29.6. The van der Waals surface area contributed by atoms with E-state index in [9.17, 15) is 29.6 Å². The highest BCUT2D eigenvalue weighted by molar-refractivity contribution is 6.06. The van der Waals surface area contributed by atoms with E-state index >= 15 is 0 Å². The molecule has 0 saturated carbocycles. The molecule has 0 bridgehead atoms. The summed E-state index contributed by atoms with van der Waals surface area (Å²) in [5.74, 6) is -2.99. The summed E-state index contributed by atoms with van der Waals surface area (Å²) < 4.78 is 11.4. The molecule has 11 heteroatoms. The molecule has 4 atom stereocenters. The molecule has 1 fully saturated rings. The van der Waals surface area contributed by atoms with Crippen LogP contribution in [-0.2, 0) is 14.3 Å². The van der Waals surface area contributed by atoms with Crippen molar-refractivity contribution >= 4 is 40.0 Å². The third-order valence-corrected chi connectivity index (χ3v) is 7.73. The van der Waals surface area contributed by atoms with E-state index in [0.717, 1.165) is 28.6 Å². The number of rotatable bonds is 8. The Balaban J connectivity index is 1.46. The van der Waals surface area contributed by atoms with E-state index in [1.165, 1.54) is 24.0 Å². The molecule has 0 spiro atoms. The maximum absolute atomic E-state index is 13.4. The van der Waals surface area contributed by atoms with Crippen molar-refractivity contribution in [2.75, 3.05) is 25.6 Å². The average molecular weight is 560 g/mol. The Morgan fingerprint density at radius 1 is 1.05 bits per heavy atom. The zero-order valence-electron chi connectivity index (χ0n) is 22.9. The standard InChI is InChI=1S/C30H29N3O8/c1-16-22(15-40-24-10-6-7-20-21(24)8-5-9-23(20)31(3)4)27(32-26(16)25(17(2)34)28(32)35)30(37)41-29(36)18-11-13-19(14-12-18)33(38)39/h5-14,16-17,25-26,34H,15H2,1-4H3/t16-,17+,25+,26+/m0/s1. The predicted octanol–water partition coefficient (Wildman–Crippen LogP) is 3.69. The van der Waals surface area contributed by atoms with Crippen LogP contribution >= 0.6 is 0 Å².